The Morgan fingerprint density at radius 2 is 1.36 bits per heavy atom. The van der Waals surface area contributed by atoms with E-state index in [9.17, 15) is 24.4 Å². The van der Waals surface area contributed by atoms with Crippen LogP contribution in [0.5, 0.6) is 0 Å². The standard InChI is InChI=1S/C16H9N3O6/c1-5-11-9(20)2-7(15(22)23)18-13(11)6(4-17)14-12(5)10(21)3-8(19-14)16(24)25/h2-3H,1H3,(H,18,20)(H,19,21)(H,22,23)(H,24,25). The van der Waals surface area contributed by atoms with Gasteiger partial charge >= 0.3 is 11.9 Å². The van der Waals surface area contributed by atoms with Gasteiger partial charge in [-0.1, -0.05) is 0 Å². The van der Waals surface area contributed by atoms with Gasteiger partial charge in [-0.15, -0.1) is 0 Å². The van der Waals surface area contributed by atoms with Crippen LogP contribution in [0.1, 0.15) is 32.1 Å². The van der Waals surface area contributed by atoms with Crippen LogP contribution in [0.25, 0.3) is 21.8 Å². The number of hydrogen-bond acceptors (Lipinski definition) is 5. The lowest BCUT2D eigenvalue weighted by Gasteiger charge is -2.11. The summed E-state index contributed by atoms with van der Waals surface area (Å²) in [6.07, 6.45) is 0. The van der Waals surface area contributed by atoms with Crippen LogP contribution in [0.2, 0.25) is 0 Å². The lowest BCUT2D eigenvalue weighted by molar-refractivity contribution is 0.0680. The van der Waals surface area contributed by atoms with E-state index in [0.717, 1.165) is 12.1 Å². The van der Waals surface area contributed by atoms with Gasteiger partial charge in [-0.25, -0.2) is 9.59 Å². The Balaban J connectivity index is 2.70. The Morgan fingerprint density at radius 1 is 0.960 bits per heavy atom. The number of hydrogen-bond donors (Lipinski definition) is 4. The molecule has 0 aliphatic rings. The van der Waals surface area contributed by atoms with Gasteiger partial charge in [0.1, 0.15) is 23.0 Å². The predicted octanol–water partition coefficient (Wildman–Crippen LogP) is 0.946. The van der Waals surface area contributed by atoms with Crippen molar-refractivity contribution in [3.8, 4) is 6.07 Å². The van der Waals surface area contributed by atoms with Crippen LogP contribution in [-0.4, -0.2) is 32.1 Å². The number of nitriles is 1. The van der Waals surface area contributed by atoms with Crippen LogP contribution in [0, 0.1) is 18.3 Å². The molecule has 9 nitrogen and oxygen atoms in total. The molecule has 124 valence electrons. The zero-order valence-corrected chi connectivity index (χ0v) is 12.6. The smallest absolute Gasteiger partial charge is 0.352 e. The van der Waals surface area contributed by atoms with E-state index in [1.54, 1.807) is 6.07 Å². The van der Waals surface area contributed by atoms with Crippen LogP contribution in [0.15, 0.2) is 21.7 Å². The zero-order chi connectivity index (χ0) is 18.5. The minimum absolute atomic E-state index is 0.00243. The van der Waals surface area contributed by atoms with Gasteiger partial charge in [-0.3, -0.25) is 9.59 Å². The number of carboxylic acid groups (broad SMARTS) is 2. The predicted molar refractivity (Wildman–Crippen MR) is 86.1 cm³/mol. The van der Waals surface area contributed by atoms with Gasteiger partial charge in [0.25, 0.3) is 0 Å². The van der Waals surface area contributed by atoms with Crippen molar-refractivity contribution in [3.63, 3.8) is 0 Å². The van der Waals surface area contributed by atoms with Crippen molar-refractivity contribution in [2.24, 2.45) is 0 Å². The Kier molecular flexibility index (Phi) is 3.39. The first-order chi connectivity index (χ1) is 11.8. The summed E-state index contributed by atoms with van der Waals surface area (Å²) in [6.45, 7) is 1.47. The summed E-state index contributed by atoms with van der Waals surface area (Å²) in [5.41, 5.74) is -2.32. The fourth-order valence-corrected chi connectivity index (χ4v) is 2.83. The molecule has 0 unspecified atom stereocenters. The number of pyridine rings is 2. The number of benzene rings is 1. The molecule has 3 aromatic rings. The Morgan fingerprint density at radius 3 is 1.68 bits per heavy atom. The summed E-state index contributed by atoms with van der Waals surface area (Å²) in [6, 6.07) is 3.53. The Hall–Kier alpha value is -3.93. The summed E-state index contributed by atoms with van der Waals surface area (Å²) in [4.78, 5) is 51.9. The molecule has 0 spiro atoms. The number of aromatic nitrogens is 2. The third-order valence-electron chi connectivity index (χ3n) is 3.89. The molecule has 2 heterocycles. The lowest BCUT2D eigenvalue weighted by atomic mass is 9.97. The van der Waals surface area contributed by atoms with Gasteiger partial charge in [-0.05, 0) is 12.5 Å². The topological polar surface area (TPSA) is 164 Å². The van der Waals surface area contributed by atoms with Crippen molar-refractivity contribution in [2.75, 3.05) is 0 Å². The van der Waals surface area contributed by atoms with Gasteiger partial charge in [0.15, 0.2) is 10.9 Å². The molecule has 0 amide bonds. The first-order valence-corrected chi connectivity index (χ1v) is 6.89. The monoisotopic (exact) mass is 339 g/mol. The normalized spacial score (nSPS) is 10.7. The van der Waals surface area contributed by atoms with E-state index in [-0.39, 0.29) is 32.9 Å². The third kappa shape index (κ3) is 2.24. The average Bonchev–Trinajstić information content (AvgIpc) is 2.53. The molecule has 0 aliphatic heterocycles. The van der Waals surface area contributed by atoms with E-state index in [1.165, 1.54) is 6.92 Å². The van der Waals surface area contributed by atoms with Crippen molar-refractivity contribution in [2.45, 2.75) is 6.92 Å². The molecule has 9 heteroatoms. The van der Waals surface area contributed by atoms with Gasteiger partial charge in [0, 0.05) is 12.1 Å². The van der Waals surface area contributed by atoms with Gasteiger partial charge in [-0.2, -0.15) is 5.26 Å². The maximum Gasteiger partial charge on any atom is 0.352 e. The highest BCUT2D eigenvalue weighted by atomic mass is 16.4. The molecule has 0 fully saturated rings. The van der Waals surface area contributed by atoms with Crippen LogP contribution >= 0.6 is 0 Å². The average molecular weight is 339 g/mol. The maximum absolute atomic E-state index is 12.3. The van der Waals surface area contributed by atoms with Crippen molar-refractivity contribution in [1.29, 1.82) is 5.26 Å². The fraction of sp³-hybridized carbons (Fsp3) is 0.0625. The number of H-pyrrole nitrogens is 2. The minimum Gasteiger partial charge on any atom is -0.477 e. The summed E-state index contributed by atoms with van der Waals surface area (Å²) in [7, 11) is 0. The summed E-state index contributed by atoms with van der Waals surface area (Å²) in [5.74, 6) is -2.79. The number of nitrogens with zero attached hydrogens (tertiary/aromatic N) is 1. The highest BCUT2D eigenvalue weighted by Gasteiger charge is 2.20. The van der Waals surface area contributed by atoms with Crippen LogP contribution in [-0.2, 0) is 0 Å². The van der Waals surface area contributed by atoms with Gasteiger partial charge in [0.2, 0.25) is 0 Å². The highest BCUT2D eigenvalue weighted by Crippen LogP contribution is 2.26. The largest absolute Gasteiger partial charge is 0.477 e. The fourth-order valence-electron chi connectivity index (χ4n) is 2.83. The van der Waals surface area contributed by atoms with Crippen molar-refractivity contribution in [3.05, 3.63) is 55.1 Å². The van der Waals surface area contributed by atoms with E-state index in [4.69, 9.17) is 10.2 Å². The van der Waals surface area contributed by atoms with E-state index in [2.05, 4.69) is 9.97 Å². The summed E-state index contributed by atoms with van der Waals surface area (Å²) >= 11 is 0. The number of aromatic amines is 2. The first kappa shape index (κ1) is 15.9. The van der Waals surface area contributed by atoms with Crippen molar-refractivity contribution >= 4 is 33.7 Å². The molecule has 2 aromatic heterocycles. The molecular weight excluding hydrogens is 330 g/mol. The van der Waals surface area contributed by atoms with Crippen LogP contribution in [0.4, 0.5) is 0 Å². The summed E-state index contributed by atoms with van der Waals surface area (Å²) < 4.78 is 0. The first-order valence-electron chi connectivity index (χ1n) is 6.89. The molecule has 4 N–H and O–H groups in total. The molecule has 0 bridgehead atoms. The number of aromatic carboxylic acids is 2. The highest BCUT2D eigenvalue weighted by molar-refractivity contribution is 6.06. The second kappa shape index (κ2) is 5.31. The third-order valence-corrected chi connectivity index (χ3v) is 3.89. The minimum atomic E-state index is -1.39. The molecule has 0 atom stereocenters. The molecule has 3 rings (SSSR count). The molecule has 1 aromatic carbocycles. The van der Waals surface area contributed by atoms with Crippen molar-refractivity contribution < 1.29 is 19.8 Å². The van der Waals surface area contributed by atoms with E-state index >= 15 is 0 Å². The van der Waals surface area contributed by atoms with E-state index < -0.39 is 34.2 Å². The second-order valence-electron chi connectivity index (χ2n) is 5.32. The Bertz CT molecular complexity index is 1170. The van der Waals surface area contributed by atoms with Crippen molar-refractivity contribution in [1.82, 2.24) is 9.97 Å². The van der Waals surface area contributed by atoms with Gasteiger partial charge in [0.05, 0.1) is 21.8 Å². The number of nitrogens with one attached hydrogen (secondary N) is 2. The number of carbonyl (C=O) groups is 2. The van der Waals surface area contributed by atoms with E-state index in [1.807, 2.05) is 0 Å². The summed E-state index contributed by atoms with van der Waals surface area (Å²) in [5, 5.41) is 27.7. The number of carboxylic acids is 2. The van der Waals surface area contributed by atoms with Gasteiger partial charge < -0.3 is 20.2 Å². The molecule has 0 saturated carbocycles. The van der Waals surface area contributed by atoms with Crippen LogP contribution < -0.4 is 10.9 Å². The number of rotatable bonds is 2. The molecule has 25 heavy (non-hydrogen) atoms. The van der Waals surface area contributed by atoms with E-state index in [0.29, 0.717) is 0 Å². The number of fused-ring (bicyclic) bond motifs is 2. The maximum atomic E-state index is 12.3. The molecule has 0 aliphatic carbocycles. The number of aryl methyl sites for hydroxylation is 1. The molecule has 0 saturated heterocycles. The Labute approximate surface area is 137 Å². The lowest BCUT2D eigenvalue weighted by Crippen LogP contribution is -2.16. The second-order valence-corrected chi connectivity index (χ2v) is 5.32. The van der Waals surface area contributed by atoms with Crippen LogP contribution in [0.3, 0.4) is 0 Å². The zero-order valence-electron chi connectivity index (χ0n) is 12.6. The molecular formula is C16H9N3O6. The molecule has 0 radical (unpaired) electrons. The SMILES string of the molecule is Cc1c2c(=O)cc(C(=O)O)[nH]c2c(C#N)c2[nH]c(C(=O)O)cc(=O)c12. The quantitative estimate of drug-likeness (QED) is 0.504.